The lowest BCUT2D eigenvalue weighted by molar-refractivity contribution is -0.189. The summed E-state index contributed by atoms with van der Waals surface area (Å²) in [5.41, 5.74) is 12.2. The van der Waals surface area contributed by atoms with Gasteiger partial charge in [0.25, 0.3) is 0 Å². The molecule has 0 aromatic heterocycles. The summed E-state index contributed by atoms with van der Waals surface area (Å²) < 4.78 is 11.2. The normalized spacial score (nSPS) is 25.4. The molecule has 0 radical (unpaired) electrons. The molecule has 18 heavy (non-hydrogen) atoms. The van der Waals surface area contributed by atoms with Crippen molar-refractivity contribution in [3.63, 3.8) is 0 Å². The fraction of sp³-hybridized carbons (Fsp3) is 0.308. The Morgan fingerprint density at radius 3 is 2.50 bits per heavy atom. The van der Waals surface area contributed by atoms with E-state index in [1.807, 2.05) is 30.3 Å². The summed E-state index contributed by atoms with van der Waals surface area (Å²) in [5, 5.41) is 0. The SMILES string of the molecule is N/C=C(/N)C=NC1COC(c2ccccc2)OC1. The van der Waals surface area contributed by atoms with Crippen LogP contribution in [0.4, 0.5) is 0 Å². The molecule has 4 N–H and O–H groups in total. The Morgan fingerprint density at radius 2 is 1.89 bits per heavy atom. The van der Waals surface area contributed by atoms with Crippen LogP contribution < -0.4 is 11.5 Å². The van der Waals surface area contributed by atoms with Crippen LogP contribution in [-0.4, -0.2) is 25.5 Å². The first kappa shape index (κ1) is 12.6. The average molecular weight is 247 g/mol. The van der Waals surface area contributed by atoms with Crippen molar-refractivity contribution in [3.8, 4) is 0 Å². The van der Waals surface area contributed by atoms with E-state index in [0.717, 1.165) is 5.56 Å². The number of allylic oxidation sites excluding steroid dienone is 1. The zero-order valence-electron chi connectivity index (χ0n) is 10.0. The number of hydrogen-bond donors (Lipinski definition) is 2. The Labute approximate surface area is 106 Å². The molecule has 1 aromatic carbocycles. The zero-order chi connectivity index (χ0) is 12.8. The third-order valence-corrected chi connectivity index (χ3v) is 2.58. The van der Waals surface area contributed by atoms with Crippen molar-refractivity contribution in [2.75, 3.05) is 13.2 Å². The van der Waals surface area contributed by atoms with Gasteiger partial charge in [-0.2, -0.15) is 0 Å². The van der Waals surface area contributed by atoms with Gasteiger partial charge in [-0.15, -0.1) is 0 Å². The summed E-state index contributed by atoms with van der Waals surface area (Å²) in [6.45, 7) is 1.02. The number of hydrogen-bond acceptors (Lipinski definition) is 5. The van der Waals surface area contributed by atoms with Gasteiger partial charge in [-0.3, -0.25) is 4.99 Å². The highest BCUT2D eigenvalue weighted by molar-refractivity contribution is 5.77. The molecule has 1 aromatic rings. The van der Waals surface area contributed by atoms with Crippen LogP contribution in [0.5, 0.6) is 0 Å². The minimum absolute atomic E-state index is 0.0385. The minimum atomic E-state index is -0.306. The standard InChI is InChI=1S/C13H17N3O2/c14-6-11(15)7-16-12-8-17-13(18-9-12)10-4-2-1-3-5-10/h1-7,12-13H,8-9,14-15H2/b11-6+,16-7?. The maximum atomic E-state index is 5.62. The second-order valence-corrected chi connectivity index (χ2v) is 4.01. The van der Waals surface area contributed by atoms with Gasteiger partial charge in [0, 0.05) is 18.0 Å². The Bertz CT molecular complexity index is 423. The van der Waals surface area contributed by atoms with Gasteiger partial charge < -0.3 is 20.9 Å². The smallest absolute Gasteiger partial charge is 0.184 e. The maximum absolute atomic E-state index is 5.62. The van der Waals surface area contributed by atoms with Crippen LogP contribution in [0, 0.1) is 0 Å². The van der Waals surface area contributed by atoms with E-state index in [2.05, 4.69) is 4.99 Å². The first-order valence-corrected chi connectivity index (χ1v) is 5.78. The van der Waals surface area contributed by atoms with E-state index in [1.54, 1.807) is 0 Å². The molecule has 0 amide bonds. The van der Waals surface area contributed by atoms with Gasteiger partial charge in [0.05, 0.1) is 25.0 Å². The molecule has 5 heteroatoms. The average Bonchev–Trinajstić information content (AvgIpc) is 2.46. The van der Waals surface area contributed by atoms with Gasteiger partial charge in [0.2, 0.25) is 0 Å². The molecule has 2 rings (SSSR count). The Balaban J connectivity index is 1.87. The van der Waals surface area contributed by atoms with Crippen molar-refractivity contribution < 1.29 is 9.47 Å². The summed E-state index contributed by atoms with van der Waals surface area (Å²) >= 11 is 0. The van der Waals surface area contributed by atoms with Crippen molar-refractivity contribution in [3.05, 3.63) is 47.8 Å². The number of nitrogens with two attached hydrogens (primary N) is 2. The van der Waals surface area contributed by atoms with Gasteiger partial charge in [0.15, 0.2) is 6.29 Å². The van der Waals surface area contributed by atoms with Crippen LogP contribution >= 0.6 is 0 Å². The first-order valence-electron chi connectivity index (χ1n) is 5.78. The topological polar surface area (TPSA) is 82.9 Å². The maximum Gasteiger partial charge on any atom is 0.184 e. The summed E-state index contributed by atoms with van der Waals surface area (Å²) in [6, 6.07) is 9.79. The molecule has 0 saturated carbocycles. The Morgan fingerprint density at radius 1 is 1.22 bits per heavy atom. The molecule has 0 atom stereocenters. The second-order valence-electron chi connectivity index (χ2n) is 4.01. The van der Waals surface area contributed by atoms with E-state index >= 15 is 0 Å². The van der Waals surface area contributed by atoms with Gasteiger partial charge in [0.1, 0.15) is 0 Å². The predicted molar refractivity (Wildman–Crippen MR) is 69.8 cm³/mol. The van der Waals surface area contributed by atoms with Gasteiger partial charge >= 0.3 is 0 Å². The van der Waals surface area contributed by atoms with Crippen LogP contribution in [0.3, 0.4) is 0 Å². The first-order chi connectivity index (χ1) is 8.79. The third kappa shape index (κ3) is 3.32. The van der Waals surface area contributed by atoms with Crippen LogP contribution in [-0.2, 0) is 9.47 Å². The van der Waals surface area contributed by atoms with Crippen molar-refractivity contribution in [2.45, 2.75) is 12.3 Å². The van der Waals surface area contributed by atoms with Gasteiger partial charge in [-0.1, -0.05) is 30.3 Å². The van der Waals surface area contributed by atoms with E-state index in [0.29, 0.717) is 18.9 Å². The molecule has 5 nitrogen and oxygen atoms in total. The fourth-order valence-electron chi connectivity index (χ4n) is 1.62. The number of benzene rings is 1. The fourth-order valence-corrected chi connectivity index (χ4v) is 1.62. The van der Waals surface area contributed by atoms with E-state index in [1.165, 1.54) is 12.4 Å². The van der Waals surface area contributed by atoms with E-state index in [9.17, 15) is 0 Å². The largest absolute Gasteiger partial charge is 0.403 e. The number of nitrogens with zero attached hydrogens (tertiary/aromatic N) is 1. The Kier molecular flexibility index (Phi) is 4.33. The number of rotatable bonds is 3. The summed E-state index contributed by atoms with van der Waals surface area (Å²) in [7, 11) is 0. The van der Waals surface area contributed by atoms with Crippen LogP contribution in [0.1, 0.15) is 11.9 Å². The summed E-state index contributed by atoms with van der Waals surface area (Å²) in [6.07, 6.45) is 2.53. The van der Waals surface area contributed by atoms with E-state index < -0.39 is 0 Å². The molecule has 96 valence electrons. The molecule has 0 aliphatic carbocycles. The van der Waals surface area contributed by atoms with Crippen LogP contribution in [0.25, 0.3) is 0 Å². The molecule has 1 fully saturated rings. The Hall–Kier alpha value is -1.85. The lowest BCUT2D eigenvalue weighted by atomic mass is 10.2. The minimum Gasteiger partial charge on any atom is -0.403 e. The second kappa shape index (κ2) is 6.18. The van der Waals surface area contributed by atoms with Crippen LogP contribution in [0.15, 0.2) is 47.2 Å². The molecular formula is C13H17N3O2. The lowest BCUT2D eigenvalue weighted by Crippen LogP contribution is -2.30. The highest BCUT2D eigenvalue weighted by Gasteiger charge is 2.22. The van der Waals surface area contributed by atoms with Gasteiger partial charge in [-0.25, -0.2) is 0 Å². The number of aliphatic imine (C=N–C) groups is 1. The molecule has 1 saturated heterocycles. The summed E-state index contributed by atoms with van der Waals surface area (Å²) in [5.74, 6) is 0. The molecule has 0 bridgehead atoms. The molecule has 1 aliphatic rings. The lowest BCUT2D eigenvalue weighted by Gasteiger charge is -2.27. The van der Waals surface area contributed by atoms with Crippen molar-refractivity contribution in [1.82, 2.24) is 0 Å². The summed E-state index contributed by atoms with van der Waals surface area (Å²) in [4.78, 5) is 4.23. The molecule has 1 aliphatic heterocycles. The predicted octanol–water partition coefficient (Wildman–Crippen LogP) is 0.930. The van der Waals surface area contributed by atoms with E-state index in [4.69, 9.17) is 20.9 Å². The highest BCUT2D eigenvalue weighted by atomic mass is 16.7. The zero-order valence-corrected chi connectivity index (χ0v) is 10.0. The van der Waals surface area contributed by atoms with Crippen molar-refractivity contribution in [1.29, 1.82) is 0 Å². The van der Waals surface area contributed by atoms with Crippen molar-refractivity contribution >= 4 is 6.21 Å². The molecular weight excluding hydrogens is 230 g/mol. The highest BCUT2D eigenvalue weighted by Crippen LogP contribution is 2.23. The van der Waals surface area contributed by atoms with Gasteiger partial charge in [-0.05, 0) is 0 Å². The van der Waals surface area contributed by atoms with Crippen LogP contribution in [0.2, 0.25) is 0 Å². The monoisotopic (exact) mass is 247 g/mol. The quantitative estimate of drug-likeness (QED) is 0.778. The third-order valence-electron chi connectivity index (χ3n) is 2.58. The molecule has 0 spiro atoms. The molecule has 1 heterocycles. The van der Waals surface area contributed by atoms with Crippen molar-refractivity contribution in [2.24, 2.45) is 16.5 Å². The van der Waals surface area contributed by atoms with E-state index in [-0.39, 0.29) is 12.3 Å². The molecule has 0 unspecified atom stereocenters. The number of ether oxygens (including phenoxy) is 2.